The molecule has 0 radical (unpaired) electrons. The molecule has 0 unspecified atom stereocenters. The molecule has 0 saturated carbocycles. The molecule has 0 saturated heterocycles. The van der Waals surface area contributed by atoms with E-state index >= 15 is 0 Å². The topological polar surface area (TPSA) is 18.5 Å². The summed E-state index contributed by atoms with van der Waals surface area (Å²) in [6.07, 6.45) is 7.44. The molecule has 0 bridgehead atoms. The van der Waals surface area contributed by atoms with Crippen molar-refractivity contribution in [2.45, 2.75) is 58.5 Å². The van der Waals surface area contributed by atoms with E-state index in [1.807, 2.05) is 13.1 Å². The maximum Gasteiger partial charge on any atom is 0.392 e. The lowest BCUT2D eigenvalue weighted by Crippen LogP contribution is -2.38. The van der Waals surface area contributed by atoms with Gasteiger partial charge in [0.25, 0.3) is 0 Å². The number of unbranched alkanes of at least 4 members (excludes halogenated alkanes) is 5. The Hall–Kier alpha value is 0.0669. The van der Waals surface area contributed by atoms with Gasteiger partial charge in [0.05, 0.1) is 10.0 Å². The molecule has 22 heavy (non-hydrogen) atoms. The quantitative estimate of drug-likeness (QED) is 0.243. The second-order valence-corrected chi connectivity index (χ2v) is 10.3. The summed E-state index contributed by atoms with van der Waals surface area (Å²) in [6.45, 7) is 6.93. The molecule has 126 valence electrons. The van der Waals surface area contributed by atoms with Gasteiger partial charge in [0, 0.05) is 11.6 Å². The van der Waals surface area contributed by atoms with E-state index in [4.69, 9.17) is 43.7 Å². The van der Waals surface area contributed by atoms with E-state index in [9.17, 15) is 0 Å². The second-order valence-electron chi connectivity index (χ2n) is 5.82. The minimum atomic E-state index is -2.30. The molecular formula is C16H25Cl3O2Si. The molecule has 0 spiro atoms. The van der Waals surface area contributed by atoms with E-state index in [1.54, 1.807) is 12.1 Å². The highest BCUT2D eigenvalue weighted by Gasteiger charge is 2.28. The van der Waals surface area contributed by atoms with Crippen LogP contribution >= 0.6 is 34.8 Å². The van der Waals surface area contributed by atoms with Crippen molar-refractivity contribution in [3.05, 3.63) is 27.2 Å². The van der Waals surface area contributed by atoms with Crippen LogP contribution in [0, 0.1) is 0 Å². The van der Waals surface area contributed by atoms with Crippen molar-refractivity contribution in [2.75, 3.05) is 6.61 Å². The number of halogens is 3. The van der Waals surface area contributed by atoms with E-state index in [0.717, 1.165) is 13.0 Å². The van der Waals surface area contributed by atoms with E-state index in [2.05, 4.69) is 6.92 Å². The average molecular weight is 384 g/mol. The van der Waals surface area contributed by atoms with Crippen LogP contribution in [-0.2, 0) is 4.43 Å². The van der Waals surface area contributed by atoms with Gasteiger partial charge in [0.15, 0.2) is 0 Å². The first-order valence-electron chi connectivity index (χ1n) is 7.83. The summed E-state index contributed by atoms with van der Waals surface area (Å²) >= 11 is 18.2. The molecule has 1 aromatic carbocycles. The lowest BCUT2D eigenvalue weighted by molar-refractivity contribution is 0.241. The fourth-order valence-corrected chi connectivity index (χ4v) is 4.17. The SMILES string of the molecule is CCCCCCCCO[Si](C)(C)Oc1cc(Cl)cc(Cl)c1Cl. The van der Waals surface area contributed by atoms with Gasteiger partial charge in [-0.25, -0.2) is 0 Å². The Kier molecular flexibility index (Phi) is 9.18. The molecule has 0 fully saturated rings. The molecular weight excluding hydrogens is 359 g/mol. The Morgan fingerprint density at radius 3 is 2.27 bits per heavy atom. The summed E-state index contributed by atoms with van der Waals surface area (Å²) in [6, 6.07) is 3.28. The van der Waals surface area contributed by atoms with E-state index in [-0.39, 0.29) is 0 Å². The van der Waals surface area contributed by atoms with Crippen LogP contribution in [0.3, 0.4) is 0 Å². The Balaban J connectivity index is 2.41. The monoisotopic (exact) mass is 382 g/mol. The zero-order valence-corrected chi connectivity index (χ0v) is 16.8. The molecule has 6 heteroatoms. The lowest BCUT2D eigenvalue weighted by atomic mass is 10.1. The van der Waals surface area contributed by atoms with E-state index in [1.165, 1.54) is 32.1 Å². The summed E-state index contributed by atoms with van der Waals surface area (Å²) in [5.41, 5.74) is 0. The van der Waals surface area contributed by atoms with Crippen LogP contribution < -0.4 is 4.43 Å². The second kappa shape index (κ2) is 10.0. The summed E-state index contributed by atoms with van der Waals surface area (Å²) < 4.78 is 11.9. The van der Waals surface area contributed by atoms with Crippen LogP contribution in [0.4, 0.5) is 0 Å². The predicted octanol–water partition coefficient (Wildman–Crippen LogP) is 7.10. The molecule has 1 rings (SSSR count). The first kappa shape index (κ1) is 20.1. The van der Waals surface area contributed by atoms with E-state index in [0.29, 0.717) is 20.8 Å². The molecule has 0 aliphatic rings. The van der Waals surface area contributed by atoms with Gasteiger partial charge in [-0.1, -0.05) is 73.8 Å². The predicted molar refractivity (Wildman–Crippen MR) is 98.9 cm³/mol. The Morgan fingerprint density at radius 1 is 0.955 bits per heavy atom. The first-order valence-corrected chi connectivity index (χ1v) is 11.8. The van der Waals surface area contributed by atoms with Gasteiger partial charge < -0.3 is 8.85 Å². The number of rotatable bonds is 10. The highest BCUT2D eigenvalue weighted by atomic mass is 35.5. The average Bonchev–Trinajstić information content (AvgIpc) is 2.43. The van der Waals surface area contributed by atoms with Crippen molar-refractivity contribution >= 4 is 43.4 Å². The fraction of sp³-hybridized carbons (Fsp3) is 0.625. The summed E-state index contributed by atoms with van der Waals surface area (Å²) in [4.78, 5) is 0. The molecule has 0 amide bonds. The summed E-state index contributed by atoms with van der Waals surface area (Å²) in [7, 11) is -2.30. The van der Waals surface area contributed by atoms with E-state index < -0.39 is 8.56 Å². The van der Waals surface area contributed by atoms with Crippen molar-refractivity contribution in [2.24, 2.45) is 0 Å². The molecule has 2 nitrogen and oxygen atoms in total. The first-order chi connectivity index (χ1) is 10.4. The minimum Gasteiger partial charge on any atom is -0.519 e. The smallest absolute Gasteiger partial charge is 0.392 e. The third-order valence-corrected chi connectivity index (χ3v) is 5.88. The van der Waals surface area contributed by atoms with Crippen molar-refractivity contribution in [3.8, 4) is 5.75 Å². The van der Waals surface area contributed by atoms with Gasteiger partial charge in [-0.05, 0) is 31.6 Å². The number of benzene rings is 1. The van der Waals surface area contributed by atoms with Crippen LogP contribution in [0.25, 0.3) is 0 Å². The largest absolute Gasteiger partial charge is 0.519 e. The molecule has 1 aromatic rings. The van der Waals surface area contributed by atoms with Gasteiger partial charge in [-0.2, -0.15) is 0 Å². The highest BCUT2D eigenvalue weighted by molar-refractivity contribution is 6.65. The minimum absolute atomic E-state index is 0.384. The zero-order chi connectivity index (χ0) is 16.6. The molecule has 0 aliphatic heterocycles. The lowest BCUT2D eigenvalue weighted by Gasteiger charge is -2.24. The van der Waals surface area contributed by atoms with Crippen LogP contribution in [0.5, 0.6) is 5.75 Å². The maximum absolute atomic E-state index is 6.15. The molecule has 0 atom stereocenters. The Labute approximate surface area is 150 Å². The van der Waals surface area contributed by atoms with Crippen molar-refractivity contribution in [1.29, 1.82) is 0 Å². The molecule has 0 aromatic heterocycles. The summed E-state index contributed by atoms with van der Waals surface area (Å²) in [5.74, 6) is 0.499. The van der Waals surface area contributed by atoms with Gasteiger partial charge in [0.2, 0.25) is 0 Å². The maximum atomic E-state index is 6.15. The molecule has 0 N–H and O–H groups in total. The normalized spacial score (nSPS) is 11.7. The van der Waals surface area contributed by atoms with Crippen LogP contribution in [-0.4, -0.2) is 15.2 Å². The Bertz CT molecular complexity index is 467. The van der Waals surface area contributed by atoms with Gasteiger partial charge in [0.1, 0.15) is 5.75 Å². The Morgan fingerprint density at radius 2 is 1.59 bits per heavy atom. The standard InChI is InChI=1S/C16H25Cl3O2Si/c1-4-5-6-7-8-9-10-20-22(2,3)21-15-12-13(17)11-14(18)16(15)19/h11-12H,4-10H2,1-3H3. The van der Waals surface area contributed by atoms with Gasteiger partial charge in [-0.15, -0.1) is 0 Å². The van der Waals surface area contributed by atoms with Crippen LogP contribution in [0.1, 0.15) is 45.4 Å². The number of hydrogen-bond acceptors (Lipinski definition) is 2. The molecule has 0 aliphatic carbocycles. The third kappa shape index (κ3) is 7.56. The highest BCUT2D eigenvalue weighted by Crippen LogP contribution is 2.36. The fourth-order valence-electron chi connectivity index (χ4n) is 2.10. The van der Waals surface area contributed by atoms with Gasteiger partial charge >= 0.3 is 8.56 Å². The summed E-state index contributed by atoms with van der Waals surface area (Å²) in [5, 5.41) is 1.28. The van der Waals surface area contributed by atoms with Crippen molar-refractivity contribution in [3.63, 3.8) is 0 Å². The zero-order valence-electron chi connectivity index (χ0n) is 13.6. The van der Waals surface area contributed by atoms with Crippen LogP contribution in [0.2, 0.25) is 28.2 Å². The number of hydrogen-bond donors (Lipinski definition) is 0. The third-order valence-electron chi connectivity index (χ3n) is 3.26. The van der Waals surface area contributed by atoms with Crippen molar-refractivity contribution in [1.82, 2.24) is 0 Å². The van der Waals surface area contributed by atoms with Gasteiger partial charge in [-0.3, -0.25) is 0 Å². The van der Waals surface area contributed by atoms with Crippen LogP contribution in [0.15, 0.2) is 12.1 Å². The van der Waals surface area contributed by atoms with Crippen molar-refractivity contribution < 1.29 is 8.85 Å². The molecule has 0 heterocycles.